The molecule has 0 unspecified atom stereocenters. The largest absolute Gasteiger partial charge is 0.497 e. The summed E-state index contributed by atoms with van der Waals surface area (Å²) in [5.41, 5.74) is 2.44. The first-order valence-corrected chi connectivity index (χ1v) is 8.97. The molecule has 4 aromatic rings. The normalized spacial score (nSPS) is 10.6. The predicted molar refractivity (Wildman–Crippen MR) is 112 cm³/mol. The van der Waals surface area contributed by atoms with Gasteiger partial charge in [0.2, 0.25) is 0 Å². The minimum Gasteiger partial charge on any atom is -0.497 e. The molecule has 0 aliphatic rings. The van der Waals surface area contributed by atoms with Crippen LogP contribution >= 0.6 is 0 Å². The number of anilines is 2. The molecule has 2 heterocycles. The number of nitrogens with zero attached hydrogens (tertiary/aromatic N) is 3. The number of hydrogen-bond donors (Lipinski definition) is 1. The number of rotatable bonds is 6. The highest BCUT2D eigenvalue weighted by molar-refractivity contribution is 5.93. The van der Waals surface area contributed by atoms with E-state index in [1.54, 1.807) is 33.7 Å². The highest BCUT2D eigenvalue weighted by Crippen LogP contribution is 2.33. The van der Waals surface area contributed by atoms with E-state index < -0.39 is 0 Å². The zero-order valence-electron chi connectivity index (χ0n) is 16.3. The standard InChI is InChI=1S/C22H20N4O3/c1-27-16-7-8-18-17(12-16)22(26-21(25-18)14-5-4-10-23-13-14)24-15-6-9-19(28-2)20(11-15)29-3/h4-13H,1-3H3,(H,24,25,26). The van der Waals surface area contributed by atoms with Crippen LogP contribution in [0.2, 0.25) is 0 Å². The van der Waals surface area contributed by atoms with Crippen LogP contribution in [0.3, 0.4) is 0 Å². The number of methoxy groups -OCH3 is 3. The Hall–Kier alpha value is -3.87. The molecule has 0 atom stereocenters. The maximum Gasteiger partial charge on any atom is 0.163 e. The SMILES string of the molecule is COc1ccc2nc(-c3cccnc3)nc(Nc3ccc(OC)c(OC)c3)c2c1. The third-order valence-corrected chi connectivity index (χ3v) is 4.47. The lowest BCUT2D eigenvalue weighted by atomic mass is 10.2. The average molecular weight is 388 g/mol. The third kappa shape index (κ3) is 3.75. The van der Waals surface area contributed by atoms with Gasteiger partial charge in [0.05, 0.1) is 26.8 Å². The van der Waals surface area contributed by atoms with Crippen LogP contribution in [0.25, 0.3) is 22.3 Å². The van der Waals surface area contributed by atoms with Gasteiger partial charge >= 0.3 is 0 Å². The summed E-state index contributed by atoms with van der Waals surface area (Å²) >= 11 is 0. The van der Waals surface area contributed by atoms with Crippen LogP contribution in [0, 0.1) is 0 Å². The molecule has 0 aliphatic carbocycles. The smallest absolute Gasteiger partial charge is 0.163 e. The monoisotopic (exact) mass is 388 g/mol. The van der Waals surface area contributed by atoms with Crippen molar-refractivity contribution in [2.45, 2.75) is 0 Å². The van der Waals surface area contributed by atoms with Crippen molar-refractivity contribution in [3.63, 3.8) is 0 Å². The summed E-state index contributed by atoms with van der Waals surface area (Å²) in [7, 11) is 4.84. The fourth-order valence-corrected chi connectivity index (χ4v) is 3.00. The molecule has 0 fully saturated rings. The molecule has 0 aliphatic heterocycles. The van der Waals surface area contributed by atoms with E-state index in [0.717, 1.165) is 27.9 Å². The fourth-order valence-electron chi connectivity index (χ4n) is 3.00. The lowest BCUT2D eigenvalue weighted by Crippen LogP contribution is -2.00. The van der Waals surface area contributed by atoms with Crippen molar-refractivity contribution in [3.8, 4) is 28.6 Å². The quantitative estimate of drug-likeness (QED) is 0.522. The number of nitrogens with one attached hydrogen (secondary N) is 1. The van der Waals surface area contributed by atoms with E-state index >= 15 is 0 Å². The molecule has 0 saturated carbocycles. The van der Waals surface area contributed by atoms with Gasteiger partial charge in [-0.05, 0) is 42.5 Å². The molecule has 146 valence electrons. The van der Waals surface area contributed by atoms with Crippen molar-refractivity contribution in [1.82, 2.24) is 15.0 Å². The first-order valence-electron chi connectivity index (χ1n) is 8.97. The third-order valence-electron chi connectivity index (χ3n) is 4.47. The second kappa shape index (κ2) is 8.02. The Labute approximate surface area is 168 Å². The van der Waals surface area contributed by atoms with Gasteiger partial charge in [-0.15, -0.1) is 0 Å². The first kappa shape index (κ1) is 18.5. The molecule has 0 saturated heterocycles. The van der Waals surface area contributed by atoms with Gasteiger partial charge in [-0.2, -0.15) is 0 Å². The molecule has 0 radical (unpaired) electrons. The summed E-state index contributed by atoms with van der Waals surface area (Å²) in [6.07, 6.45) is 3.46. The molecule has 7 nitrogen and oxygen atoms in total. The summed E-state index contributed by atoms with van der Waals surface area (Å²) < 4.78 is 16.1. The maximum absolute atomic E-state index is 5.41. The Morgan fingerprint density at radius 2 is 1.69 bits per heavy atom. The Balaban J connectivity index is 1.84. The second-order valence-electron chi connectivity index (χ2n) is 6.22. The number of benzene rings is 2. The topological polar surface area (TPSA) is 78.4 Å². The number of pyridine rings is 1. The summed E-state index contributed by atoms with van der Waals surface area (Å²) in [6.45, 7) is 0. The molecule has 2 aromatic heterocycles. The molecule has 7 heteroatoms. The minimum atomic E-state index is 0.582. The van der Waals surface area contributed by atoms with Crippen LogP contribution in [-0.4, -0.2) is 36.3 Å². The van der Waals surface area contributed by atoms with E-state index in [1.165, 1.54) is 0 Å². The van der Waals surface area contributed by atoms with Crippen LogP contribution in [0.4, 0.5) is 11.5 Å². The second-order valence-corrected chi connectivity index (χ2v) is 6.22. The molecular weight excluding hydrogens is 368 g/mol. The maximum atomic E-state index is 5.41. The van der Waals surface area contributed by atoms with E-state index in [1.807, 2.05) is 48.5 Å². The number of aromatic nitrogens is 3. The zero-order valence-corrected chi connectivity index (χ0v) is 16.3. The van der Waals surface area contributed by atoms with Gasteiger partial charge in [-0.3, -0.25) is 4.98 Å². The van der Waals surface area contributed by atoms with Crippen LogP contribution in [0.5, 0.6) is 17.2 Å². The molecule has 0 amide bonds. The van der Waals surface area contributed by atoms with Crippen LogP contribution in [0.15, 0.2) is 60.9 Å². The van der Waals surface area contributed by atoms with Crippen molar-refractivity contribution < 1.29 is 14.2 Å². The minimum absolute atomic E-state index is 0.582. The van der Waals surface area contributed by atoms with Crippen molar-refractivity contribution >= 4 is 22.4 Å². The van der Waals surface area contributed by atoms with E-state index in [9.17, 15) is 0 Å². The predicted octanol–water partition coefficient (Wildman–Crippen LogP) is 4.46. The molecule has 2 aromatic carbocycles. The van der Waals surface area contributed by atoms with Crippen molar-refractivity contribution in [1.29, 1.82) is 0 Å². The zero-order chi connectivity index (χ0) is 20.2. The molecule has 0 spiro atoms. The summed E-state index contributed by atoms with van der Waals surface area (Å²) in [6, 6.07) is 15.1. The molecule has 4 rings (SSSR count). The van der Waals surface area contributed by atoms with Gasteiger partial charge in [0.15, 0.2) is 17.3 Å². The van der Waals surface area contributed by atoms with E-state index in [4.69, 9.17) is 24.2 Å². The van der Waals surface area contributed by atoms with Crippen LogP contribution < -0.4 is 19.5 Å². The van der Waals surface area contributed by atoms with Gasteiger partial charge in [-0.25, -0.2) is 9.97 Å². The molecular formula is C22H20N4O3. The van der Waals surface area contributed by atoms with Crippen LogP contribution in [0.1, 0.15) is 0 Å². The summed E-state index contributed by atoms with van der Waals surface area (Å²) in [5.74, 6) is 3.24. The van der Waals surface area contributed by atoms with E-state index in [-0.39, 0.29) is 0 Å². The summed E-state index contributed by atoms with van der Waals surface area (Å²) in [5, 5.41) is 4.21. The van der Waals surface area contributed by atoms with Gasteiger partial charge < -0.3 is 19.5 Å². The lowest BCUT2D eigenvalue weighted by Gasteiger charge is -2.14. The Bertz CT molecular complexity index is 1150. The first-order chi connectivity index (χ1) is 14.2. The van der Waals surface area contributed by atoms with Crippen molar-refractivity contribution in [2.24, 2.45) is 0 Å². The van der Waals surface area contributed by atoms with Gasteiger partial charge in [0.1, 0.15) is 11.6 Å². The Morgan fingerprint density at radius 3 is 2.41 bits per heavy atom. The Kier molecular flexibility index (Phi) is 5.11. The van der Waals surface area contributed by atoms with Crippen molar-refractivity contribution in [2.75, 3.05) is 26.6 Å². The van der Waals surface area contributed by atoms with E-state index in [0.29, 0.717) is 23.1 Å². The average Bonchev–Trinajstić information content (AvgIpc) is 2.79. The van der Waals surface area contributed by atoms with Gasteiger partial charge in [0.25, 0.3) is 0 Å². The van der Waals surface area contributed by atoms with Gasteiger partial charge in [-0.1, -0.05) is 0 Å². The Morgan fingerprint density at radius 1 is 0.828 bits per heavy atom. The van der Waals surface area contributed by atoms with Gasteiger partial charge in [0, 0.05) is 35.1 Å². The number of hydrogen-bond acceptors (Lipinski definition) is 7. The van der Waals surface area contributed by atoms with Crippen molar-refractivity contribution in [3.05, 3.63) is 60.9 Å². The summed E-state index contributed by atoms with van der Waals surface area (Å²) in [4.78, 5) is 13.6. The number of ether oxygens (including phenoxy) is 3. The highest BCUT2D eigenvalue weighted by atomic mass is 16.5. The highest BCUT2D eigenvalue weighted by Gasteiger charge is 2.12. The fraction of sp³-hybridized carbons (Fsp3) is 0.136. The number of fused-ring (bicyclic) bond motifs is 1. The molecule has 29 heavy (non-hydrogen) atoms. The van der Waals surface area contributed by atoms with Crippen LogP contribution in [-0.2, 0) is 0 Å². The lowest BCUT2D eigenvalue weighted by molar-refractivity contribution is 0.355. The molecule has 1 N–H and O–H groups in total. The molecule has 0 bridgehead atoms. The van der Waals surface area contributed by atoms with E-state index in [2.05, 4.69) is 10.3 Å².